The largest absolute Gasteiger partial charge is 0.463 e. The highest BCUT2D eigenvalue weighted by molar-refractivity contribution is 6.05. The van der Waals surface area contributed by atoms with Gasteiger partial charge in [0.1, 0.15) is 5.70 Å². The predicted octanol–water partition coefficient (Wildman–Crippen LogP) is 2.72. The molecule has 1 unspecified atom stereocenters. The first-order chi connectivity index (χ1) is 12.7. The SMILES string of the molecule is CCOC(=O)C1=C(C(=O)OCC)C(c2ccc(C(C)(C)C)cc2)NC(=O)N1. The molecule has 146 valence electrons. The summed E-state index contributed by atoms with van der Waals surface area (Å²) < 4.78 is 10.1. The maximum Gasteiger partial charge on any atom is 0.355 e. The van der Waals surface area contributed by atoms with Crippen LogP contribution in [0.25, 0.3) is 0 Å². The van der Waals surface area contributed by atoms with Crippen molar-refractivity contribution in [3.8, 4) is 0 Å². The Hall–Kier alpha value is -2.83. The van der Waals surface area contributed by atoms with E-state index >= 15 is 0 Å². The molecule has 0 aromatic heterocycles. The average molecular weight is 374 g/mol. The number of carbonyl (C=O) groups is 3. The highest BCUT2D eigenvalue weighted by Gasteiger charge is 2.37. The number of esters is 2. The summed E-state index contributed by atoms with van der Waals surface area (Å²) in [7, 11) is 0. The topological polar surface area (TPSA) is 93.7 Å². The van der Waals surface area contributed by atoms with Gasteiger partial charge in [-0.25, -0.2) is 14.4 Å². The normalized spacial score (nSPS) is 17.1. The molecule has 1 atom stereocenters. The molecule has 2 N–H and O–H groups in total. The smallest absolute Gasteiger partial charge is 0.355 e. The van der Waals surface area contributed by atoms with Gasteiger partial charge in [0.05, 0.1) is 24.8 Å². The first-order valence-corrected chi connectivity index (χ1v) is 8.95. The second kappa shape index (κ2) is 8.24. The minimum absolute atomic E-state index is 0.0263. The lowest BCUT2D eigenvalue weighted by molar-refractivity contribution is -0.142. The van der Waals surface area contributed by atoms with Crippen LogP contribution in [0.15, 0.2) is 35.5 Å². The zero-order valence-electron chi connectivity index (χ0n) is 16.3. The Morgan fingerprint density at radius 1 is 1.00 bits per heavy atom. The van der Waals surface area contributed by atoms with Crippen molar-refractivity contribution in [3.05, 3.63) is 46.7 Å². The van der Waals surface area contributed by atoms with Crippen molar-refractivity contribution in [2.75, 3.05) is 13.2 Å². The van der Waals surface area contributed by atoms with Gasteiger partial charge < -0.3 is 20.1 Å². The highest BCUT2D eigenvalue weighted by atomic mass is 16.5. The van der Waals surface area contributed by atoms with E-state index in [0.29, 0.717) is 5.56 Å². The van der Waals surface area contributed by atoms with E-state index in [0.717, 1.165) is 5.56 Å². The quantitative estimate of drug-likeness (QED) is 0.773. The van der Waals surface area contributed by atoms with E-state index in [4.69, 9.17) is 9.47 Å². The molecule has 0 fully saturated rings. The van der Waals surface area contributed by atoms with E-state index in [2.05, 4.69) is 31.4 Å². The van der Waals surface area contributed by atoms with Crippen LogP contribution >= 0.6 is 0 Å². The fourth-order valence-electron chi connectivity index (χ4n) is 2.78. The summed E-state index contributed by atoms with van der Waals surface area (Å²) in [5.74, 6) is -1.45. The van der Waals surface area contributed by atoms with Gasteiger partial charge in [0.25, 0.3) is 0 Å². The van der Waals surface area contributed by atoms with Crippen LogP contribution in [-0.2, 0) is 24.5 Å². The van der Waals surface area contributed by atoms with Gasteiger partial charge in [-0.05, 0) is 30.4 Å². The number of ether oxygens (including phenoxy) is 2. The molecule has 1 heterocycles. The standard InChI is InChI=1S/C20H26N2O5/c1-6-26-17(23)14-15(12-8-10-13(11-9-12)20(3,4)5)21-19(25)22-16(14)18(24)27-7-2/h8-11,15H,6-7H2,1-5H3,(H2,21,22,25). The Balaban J connectivity index is 2.53. The minimum atomic E-state index is -0.814. The van der Waals surface area contributed by atoms with Crippen LogP contribution in [-0.4, -0.2) is 31.2 Å². The molecule has 0 bridgehead atoms. The molecule has 1 aliphatic rings. The Labute approximate surface area is 159 Å². The summed E-state index contributed by atoms with van der Waals surface area (Å²) in [6.45, 7) is 9.86. The van der Waals surface area contributed by atoms with Gasteiger partial charge >= 0.3 is 18.0 Å². The van der Waals surface area contributed by atoms with Crippen LogP contribution in [0.3, 0.4) is 0 Å². The second-order valence-corrected chi connectivity index (χ2v) is 7.13. The zero-order chi connectivity index (χ0) is 20.2. The van der Waals surface area contributed by atoms with Gasteiger partial charge in [-0.15, -0.1) is 0 Å². The molecule has 2 amide bonds. The first kappa shape index (κ1) is 20.5. The Morgan fingerprint density at radius 3 is 2.07 bits per heavy atom. The molecule has 7 heteroatoms. The van der Waals surface area contributed by atoms with E-state index < -0.39 is 24.0 Å². The number of hydrogen-bond acceptors (Lipinski definition) is 5. The number of carbonyl (C=O) groups excluding carboxylic acids is 3. The molecule has 0 spiro atoms. The maximum absolute atomic E-state index is 12.6. The minimum Gasteiger partial charge on any atom is -0.463 e. The van der Waals surface area contributed by atoms with Crippen molar-refractivity contribution in [2.24, 2.45) is 0 Å². The summed E-state index contributed by atoms with van der Waals surface area (Å²) in [6, 6.07) is 6.15. The van der Waals surface area contributed by atoms with Crippen LogP contribution in [0.4, 0.5) is 4.79 Å². The van der Waals surface area contributed by atoms with Crippen molar-refractivity contribution in [2.45, 2.75) is 46.1 Å². The molecule has 1 aromatic rings. The van der Waals surface area contributed by atoms with E-state index in [1.807, 2.05) is 24.3 Å². The number of benzene rings is 1. The number of nitrogens with one attached hydrogen (secondary N) is 2. The van der Waals surface area contributed by atoms with Crippen molar-refractivity contribution < 1.29 is 23.9 Å². The molecule has 0 radical (unpaired) electrons. The van der Waals surface area contributed by atoms with Crippen LogP contribution in [0.1, 0.15) is 51.8 Å². The summed E-state index contributed by atoms with van der Waals surface area (Å²) in [4.78, 5) is 37.0. The highest BCUT2D eigenvalue weighted by Crippen LogP contribution is 2.30. The third-order valence-corrected chi connectivity index (χ3v) is 4.16. The monoisotopic (exact) mass is 374 g/mol. The zero-order valence-corrected chi connectivity index (χ0v) is 16.3. The predicted molar refractivity (Wildman–Crippen MR) is 99.8 cm³/mol. The molecular formula is C20H26N2O5. The maximum atomic E-state index is 12.6. The molecule has 2 rings (SSSR count). The van der Waals surface area contributed by atoms with Crippen LogP contribution < -0.4 is 10.6 Å². The van der Waals surface area contributed by atoms with Gasteiger partial charge in [-0.3, -0.25) is 0 Å². The lowest BCUT2D eigenvalue weighted by atomic mass is 9.85. The van der Waals surface area contributed by atoms with Gasteiger partial charge in [0, 0.05) is 0 Å². The number of rotatable bonds is 5. The molecular weight excluding hydrogens is 348 g/mol. The summed E-state index contributed by atoms with van der Waals surface area (Å²) in [5.41, 5.74) is 1.58. The van der Waals surface area contributed by atoms with E-state index in [9.17, 15) is 14.4 Å². The molecule has 27 heavy (non-hydrogen) atoms. The summed E-state index contributed by atoms with van der Waals surface area (Å²) in [5, 5.41) is 5.07. The third-order valence-electron chi connectivity index (χ3n) is 4.16. The molecule has 1 aromatic carbocycles. The second-order valence-electron chi connectivity index (χ2n) is 7.13. The summed E-state index contributed by atoms with van der Waals surface area (Å²) >= 11 is 0. The van der Waals surface area contributed by atoms with Gasteiger partial charge in [-0.2, -0.15) is 0 Å². The third kappa shape index (κ3) is 4.67. The van der Waals surface area contributed by atoms with Crippen LogP contribution in [0.5, 0.6) is 0 Å². The average Bonchev–Trinajstić information content (AvgIpc) is 2.60. The molecule has 0 aliphatic carbocycles. The fraction of sp³-hybridized carbons (Fsp3) is 0.450. The summed E-state index contributed by atoms with van der Waals surface area (Å²) in [6.07, 6.45) is 0. The van der Waals surface area contributed by atoms with Gasteiger partial charge in [0.15, 0.2) is 0 Å². The van der Waals surface area contributed by atoms with Crippen LogP contribution in [0, 0.1) is 0 Å². The Morgan fingerprint density at radius 2 is 1.56 bits per heavy atom. The molecule has 1 aliphatic heterocycles. The van der Waals surface area contributed by atoms with E-state index in [1.54, 1.807) is 13.8 Å². The lowest BCUT2D eigenvalue weighted by Crippen LogP contribution is -2.48. The number of hydrogen-bond donors (Lipinski definition) is 2. The molecule has 0 saturated heterocycles. The number of amides is 2. The molecule has 7 nitrogen and oxygen atoms in total. The lowest BCUT2D eigenvalue weighted by Gasteiger charge is -2.29. The first-order valence-electron chi connectivity index (χ1n) is 8.95. The van der Waals surface area contributed by atoms with Crippen molar-refractivity contribution in [1.82, 2.24) is 10.6 Å². The van der Waals surface area contributed by atoms with E-state index in [-0.39, 0.29) is 29.9 Å². The fourth-order valence-corrected chi connectivity index (χ4v) is 2.78. The van der Waals surface area contributed by atoms with Gasteiger partial charge in [-0.1, -0.05) is 45.0 Å². The van der Waals surface area contributed by atoms with Crippen molar-refractivity contribution in [3.63, 3.8) is 0 Å². The van der Waals surface area contributed by atoms with Crippen molar-refractivity contribution >= 4 is 18.0 Å². The van der Waals surface area contributed by atoms with Crippen LogP contribution in [0.2, 0.25) is 0 Å². The Kier molecular flexibility index (Phi) is 6.25. The van der Waals surface area contributed by atoms with Crippen molar-refractivity contribution in [1.29, 1.82) is 0 Å². The number of urea groups is 1. The van der Waals surface area contributed by atoms with Gasteiger partial charge in [0.2, 0.25) is 0 Å². The Bertz CT molecular complexity index is 760. The molecule has 0 saturated carbocycles. The van der Waals surface area contributed by atoms with E-state index in [1.165, 1.54) is 0 Å².